The Bertz CT molecular complexity index is 501. The molecule has 0 aliphatic heterocycles. The van der Waals surface area contributed by atoms with E-state index in [0.29, 0.717) is 0 Å². The molecule has 0 saturated carbocycles. The van der Waals surface area contributed by atoms with Gasteiger partial charge in [0.2, 0.25) is 0 Å². The average molecular weight is 348 g/mol. The van der Waals surface area contributed by atoms with Crippen LogP contribution in [0.25, 0.3) is 10.6 Å². The number of benzene rings is 1. The molecule has 0 unspecified atom stereocenters. The summed E-state index contributed by atoms with van der Waals surface area (Å²) < 4.78 is 11.4. The third kappa shape index (κ3) is 2.27. The number of rotatable bonds is 3. The quantitative estimate of drug-likeness (QED) is 0.801. The molecule has 84 valence electrons. The molecule has 0 saturated heterocycles. The summed E-state index contributed by atoms with van der Waals surface area (Å²) in [6, 6.07) is 5.64. The molecule has 0 aliphatic carbocycles. The van der Waals surface area contributed by atoms with Crippen LogP contribution in [0.15, 0.2) is 18.2 Å². The van der Waals surface area contributed by atoms with Crippen LogP contribution in [0.3, 0.4) is 0 Å². The van der Waals surface area contributed by atoms with E-state index in [1.54, 1.807) is 14.2 Å². The van der Waals surface area contributed by atoms with E-state index in [2.05, 4.69) is 32.8 Å². The average Bonchev–Trinajstić information content (AvgIpc) is 2.74. The maximum absolute atomic E-state index is 5.31. The van der Waals surface area contributed by atoms with Crippen LogP contribution >= 0.6 is 33.9 Å². The highest BCUT2D eigenvalue weighted by Crippen LogP contribution is 2.34. The molecule has 0 atom stereocenters. The molecule has 1 heterocycles. The van der Waals surface area contributed by atoms with Crippen LogP contribution in [-0.2, 0) is 0 Å². The van der Waals surface area contributed by atoms with Crippen molar-refractivity contribution >= 4 is 33.9 Å². The molecule has 1 aromatic carbocycles. The fourth-order valence-corrected chi connectivity index (χ4v) is 2.62. The monoisotopic (exact) mass is 348 g/mol. The van der Waals surface area contributed by atoms with Gasteiger partial charge in [-0.25, -0.2) is 0 Å². The topological polar surface area (TPSA) is 44.2 Å². The van der Waals surface area contributed by atoms with E-state index in [4.69, 9.17) is 9.47 Å². The van der Waals surface area contributed by atoms with Crippen molar-refractivity contribution in [2.24, 2.45) is 0 Å². The molecule has 0 fully saturated rings. The lowest BCUT2D eigenvalue weighted by molar-refractivity contribution is 0.395. The Hall–Kier alpha value is -0.890. The smallest absolute Gasteiger partial charge is 0.178 e. The second kappa shape index (κ2) is 4.96. The first kappa shape index (κ1) is 11.6. The summed E-state index contributed by atoms with van der Waals surface area (Å²) in [5.74, 6) is 1.51. The molecule has 0 radical (unpaired) electrons. The van der Waals surface area contributed by atoms with Crippen LogP contribution in [-0.4, -0.2) is 24.4 Å². The van der Waals surface area contributed by atoms with Gasteiger partial charge in [-0.3, -0.25) is 0 Å². The highest BCUT2D eigenvalue weighted by atomic mass is 127. The van der Waals surface area contributed by atoms with Crippen molar-refractivity contribution in [3.8, 4) is 22.1 Å². The maximum atomic E-state index is 5.31. The fourth-order valence-electron chi connectivity index (χ4n) is 1.29. The van der Waals surface area contributed by atoms with Gasteiger partial charge in [0.05, 0.1) is 19.8 Å². The summed E-state index contributed by atoms with van der Waals surface area (Å²) in [5, 5.41) is 8.92. The largest absolute Gasteiger partial charge is 0.497 e. The molecule has 16 heavy (non-hydrogen) atoms. The molecule has 1 aromatic heterocycles. The summed E-state index contributed by atoms with van der Waals surface area (Å²) >= 11 is 3.67. The van der Waals surface area contributed by atoms with E-state index in [1.165, 1.54) is 11.3 Å². The Balaban J connectivity index is 2.48. The second-order valence-electron chi connectivity index (χ2n) is 2.93. The predicted molar refractivity (Wildman–Crippen MR) is 71.2 cm³/mol. The van der Waals surface area contributed by atoms with Gasteiger partial charge in [0, 0.05) is 6.07 Å². The van der Waals surface area contributed by atoms with Gasteiger partial charge in [-0.1, -0.05) is 11.3 Å². The number of hydrogen-bond acceptors (Lipinski definition) is 5. The van der Waals surface area contributed by atoms with Crippen LogP contribution in [0.2, 0.25) is 0 Å². The Labute approximate surface area is 111 Å². The number of nitrogens with zero attached hydrogens (tertiary/aromatic N) is 2. The third-order valence-corrected chi connectivity index (χ3v) is 3.66. The van der Waals surface area contributed by atoms with Gasteiger partial charge in [-0.05, 0) is 34.7 Å². The maximum Gasteiger partial charge on any atom is 0.178 e. The first-order chi connectivity index (χ1) is 7.74. The van der Waals surface area contributed by atoms with Crippen molar-refractivity contribution in [1.29, 1.82) is 0 Å². The van der Waals surface area contributed by atoms with Gasteiger partial charge in [0.15, 0.2) is 8.02 Å². The molecular formula is C10H9IN2O2S. The van der Waals surface area contributed by atoms with Gasteiger partial charge in [-0.15, -0.1) is 10.2 Å². The zero-order valence-electron chi connectivity index (χ0n) is 8.73. The minimum Gasteiger partial charge on any atom is -0.497 e. The van der Waals surface area contributed by atoms with E-state index in [9.17, 15) is 0 Å². The summed E-state index contributed by atoms with van der Waals surface area (Å²) in [6.45, 7) is 0. The van der Waals surface area contributed by atoms with E-state index >= 15 is 0 Å². The van der Waals surface area contributed by atoms with Crippen LogP contribution in [0.5, 0.6) is 11.5 Å². The van der Waals surface area contributed by atoms with Gasteiger partial charge in [0.25, 0.3) is 0 Å². The predicted octanol–water partition coefficient (Wildman–Crippen LogP) is 2.83. The van der Waals surface area contributed by atoms with Crippen molar-refractivity contribution in [2.45, 2.75) is 0 Å². The van der Waals surface area contributed by atoms with Crippen LogP contribution in [0.1, 0.15) is 0 Å². The van der Waals surface area contributed by atoms with Gasteiger partial charge in [-0.2, -0.15) is 0 Å². The number of methoxy groups -OCH3 is 2. The molecule has 0 spiro atoms. The first-order valence-corrected chi connectivity index (χ1v) is 6.35. The minimum atomic E-state index is 0.743. The normalized spacial score (nSPS) is 10.2. The molecule has 6 heteroatoms. The van der Waals surface area contributed by atoms with E-state index in [-0.39, 0.29) is 0 Å². The van der Waals surface area contributed by atoms with Crippen molar-refractivity contribution < 1.29 is 9.47 Å². The number of ether oxygens (including phenoxy) is 2. The third-order valence-electron chi connectivity index (χ3n) is 2.04. The minimum absolute atomic E-state index is 0.743. The van der Waals surface area contributed by atoms with Crippen molar-refractivity contribution in [2.75, 3.05) is 14.2 Å². The highest BCUT2D eigenvalue weighted by molar-refractivity contribution is 14.1. The van der Waals surface area contributed by atoms with E-state index in [1.807, 2.05) is 18.2 Å². The number of halogens is 1. The van der Waals surface area contributed by atoms with Gasteiger partial charge in [0.1, 0.15) is 11.5 Å². The van der Waals surface area contributed by atoms with Crippen LogP contribution < -0.4 is 9.47 Å². The number of aromatic nitrogens is 2. The Morgan fingerprint density at radius 3 is 2.56 bits per heavy atom. The SMILES string of the molecule is COc1ccc(-c2nnc(I)s2)c(OC)c1. The summed E-state index contributed by atoms with van der Waals surface area (Å²) in [6.07, 6.45) is 0. The van der Waals surface area contributed by atoms with Crippen molar-refractivity contribution in [1.82, 2.24) is 10.2 Å². The highest BCUT2D eigenvalue weighted by Gasteiger charge is 2.11. The van der Waals surface area contributed by atoms with E-state index < -0.39 is 0 Å². The first-order valence-electron chi connectivity index (χ1n) is 4.46. The molecular weight excluding hydrogens is 339 g/mol. The lowest BCUT2D eigenvalue weighted by Gasteiger charge is -2.07. The van der Waals surface area contributed by atoms with Gasteiger partial charge < -0.3 is 9.47 Å². The Morgan fingerprint density at radius 1 is 1.19 bits per heavy atom. The zero-order chi connectivity index (χ0) is 11.5. The van der Waals surface area contributed by atoms with Crippen molar-refractivity contribution in [3.63, 3.8) is 0 Å². The van der Waals surface area contributed by atoms with Crippen LogP contribution in [0.4, 0.5) is 0 Å². The second-order valence-corrected chi connectivity index (χ2v) is 5.66. The standard InChI is InChI=1S/C10H9IN2O2S/c1-14-6-3-4-7(8(5-6)15-2)9-12-13-10(11)16-9/h3-5H,1-2H3. The van der Waals surface area contributed by atoms with E-state index in [0.717, 1.165) is 25.1 Å². The fraction of sp³-hybridized carbons (Fsp3) is 0.200. The molecule has 2 rings (SSSR count). The molecule has 2 aromatic rings. The number of hydrogen-bond donors (Lipinski definition) is 0. The Morgan fingerprint density at radius 2 is 2.00 bits per heavy atom. The summed E-state index contributed by atoms with van der Waals surface area (Å²) in [4.78, 5) is 0. The van der Waals surface area contributed by atoms with Crippen LogP contribution in [0, 0.1) is 3.01 Å². The molecule has 0 aliphatic rings. The van der Waals surface area contributed by atoms with Crippen molar-refractivity contribution in [3.05, 3.63) is 21.2 Å². The molecule has 0 amide bonds. The molecule has 0 bridgehead atoms. The van der Waals surface area contributed by atoms with Gasteiger partial charge >= 0.3 is 0 Å². The zero-order valence-corrected chi connectivity index (χ0v) is 11.7. The molecule has 4 nitrogen and oxygen atoms in total. The lowest BCUT2D eigenvalue weighted by atomic mass is 10.2. The molecule has 0 N–H and O–H groups in total. The lowest BCUT2D eigenvalue weighted by Crippen LogP contribution is -1.90. The summed E-state index contributed by atoms with van der Waals surface area (Å²) in [7, 11) is 3.26. The Kier molecular flexibility index (Phi) is 3.59. The summed E-state index contributed by atoms with van der Waals surface area (Å²) in [5.41, 5.74) is 0.934.